The van der Waals surface area contributed by atoms with Crippen molar-refractivity contribution in [3.05, 3.63) is 29.6 Å². The van der Waals surface area contributed by atoms with E-state index >= 15 is 0 Å². The highest BCUT2D eigenvalue weighted by molar-refractivity contribution is 7.89. The summed E-state index contributed by atoms with van der Waals surface area (Å²) in [5.41, 5.74) is -1.93. The molecule has 0 saturated heterocycles. The number of benzene rings is 1. The molecule has 0 spiro atoms. The van der Waals surface area contributed by atoms with Gasteiger partial charge in [0.2, 0.25) is 10.0 Å². The first-order valence-electron chi connectivity index (χ1n) is 5.87. The van der Waals surface area contributed by atoms with Gasteiger partial charge in [0.15, 0.2) is 4.90 Å². The number of carbonyl (C=O) groups is 1. The molecule has 1 aromatic rings. The van der Waals surface area contributed by atoms with Crippen LogP contribution in [0.5, 0.6) is 0 Å². The van der Waals surface area contributed by atoms with Crippen LogP contribution in [0.25, 0.3) is 0 Å². The Morgan fingerprint density at radius 2 is 1.67 bits per heavy atom. The monoisotopic (exact) mass is 325 g/mol. The Hall–Kier alpha value is -1.61. The number of hydrogen-bond donors (Lipinski definition) is 1. The maximum Gasteiger partial charge on any atom is 0.324 e. The molecule has 0 bridgehead atoms. The molecule has 1 aromatic carbocycles. The lowest BCUT2D eigenvalue weighted by Crippen LogP contribution is -2.53. The fraction of sp³-hybridized carbons (Fsp3) is 0.417. The van der Waals surface area contributed by atoms with Crippen molar-refractivity contribution in [2.75, 3.05) is 6.54 Å². The van der Waals surface area contributed by atoms with E-state index in [4.69, 9.17) is 5.11 Å². The van der Waals surface area contributed by atoms with E-state index in [0.29, 0.717) is 4.31 Å². The molecule has 1 N–H and O–H groups in total. The second-order valence-electron chi connectivity index (χ2n) is 4.73. The van der Waals surface area contributed by atoms with Gasteiger partial charge < -0.3 is 5.11 Å². The van der Waals surface area contributed by atoms with Crippen molar-refractivity contribution < 1.29 is 31.5 Å². The molecule has 0 aliphatic rings. The minimum atomic E-state index is -4.80. The lowest BCUT2D eigenvalue weighted by atomic mass is 10.1. The Balaban J connectivity index is 3.57. The Labute approximate surface area is 120 Å². The molecule has 0 atom stereocenters. The molecule has 118 valence electrons. The van der Waals surface area contributed by atoms with Gasteiger partial charge in [-0.15, -0.1) is 0 Å². The fourth-order valence-electron chi connectivity index (χ4n) is 1.86. The van der Waals surface area contributed by atoms with Crippen LogP contribution in [0, 0.1) is 17.5 Å². The SMILES string of the molecule is CCN(C(C)(C)C(=O)O)S(=O)(=O)c1c(F)cc(F)cc1F. The highest BCUT2D eigenvalue weighted by Crippen LogP contribution is 2.28. The van der Waals surface area contributed by atoms with Crippen LogP contribution in [0.2, 0.25) is 0 Å². The first-order chi connectivity index (χ1) is 9.46. The molecule has 0 fully saturated rings. The third kappa shape index (κ3) is 3.03. The van der Waals surface area contributed by atoms with Gasteiger partial charge in [0, 0.05) is 18.7 Å². The Kier molecular flexibility index (Phi) is 4.69. The zero-order chi connectivity index (χ0) is 16.6. The molecule has 0 saturated carbocycles. The highest BCUT2D eigenvalue weighted by atomic mass is 32.2. The van der Waals surface area contributed by atoms with Gasteiger partial charge in [-0.05, 0) is 13.8 Å². The van der Waals surface area contributed by atoms with Crippen LogP contribution in [-0.4, -0.2) is 35.9 Å². The van der Waals surface area contributed by atoms with Gasteiger partial charge >= 0.3 is 5.97 Å². The molecule has 9 heteroatoms. The van der Waals surface area contributed by atoms with Crippen LogP contribution in [-0.2, 0) is 14.8 Å². The van der Waals surface area contributed by atoms with Crippen LogP contribution < -0.4 is 0 Å². The van der Waals surface area contributed by atoms with Crippen molar-refractivity contribution in [2.45, 2.75) is 31.2 Å². The Morgan fingerprint density at radius 3 is 2.00 bits per heavy atom. The van der Waals surface area contributed by atoms with E-state index in [1.807, 2.05) is 0 Å². The number of halogens is 3. The number of likely N-dealkylation sites (N-methyl/N-ethyl adjacent to an activating group) is 1. The molecule has 0 aliphatic carbocycles. The van der Waals surface area contributed by atoms with Gasteiger partial charge in [-0.3, -0.25) is 4.79 Å². The van der Waals surface area contributed by atoms with Gasteiger partial charge in [-0.2, -0.15) is 4.31 Å². The summed E-state index contributed by atoms with van der Waals surface area (Å²) in [6.07, 6.45) is 0. The lowest BCUT2D eigenvalue weighted by molar-refractivity contribution is -0.146. The third-order valence-electron chi connectivity index (χ3n) is 2.95. The smallest absolute Gasteiger partial charge is 0.324 e. The second kappa shape index (κ2) is 5.64. The average molecular weight is 325 g/mol. The maximum atomic E-state index is 13.7. The Morgan fingerprint density at radius 1 is 1.24 bits per heavy atom. The van der Waals surface area contributed by atoms with Gasteiger partial charge in [0.1, 0.15) is 23.0 Å². The van der Waals surface area contributed by atoms with E-state index in [0.717, 1.165) is 13.8 Å². The van der Waals surface area contributed by atoms with Crippen LogP contribution in [0.1, 0.15) is 20.8 Å². The third-order valence-corrected chi connectivity index (χ3v) is 5.15. The quantitative estimate of drug-likeness (QED) is 0.898. The summed E-state index contributed by atoms with van der Waals surface area (Å²) >= 11 is 0. The summed E-state index contributed by atoms with van der Waals surface area (Å²) in [4.78, 5) is 9.79. The first kappa shape index (κ1) is 17.4. The van der Waals surface area contributed by atoms with Crippen molar-refractivity contribution in [1.82, 2.24) is 4.31 Å². The summed E-state index contributed by atoms with van der Waals surface area (Å²) in [5, 5.41) is 9.08. The molecule has 0 radical (unpaired) electrons. The number of carboxylic acids is 1. The summed E-state index contributed by atoms with van der Waals surface area (Å²) in [7, 11) is -4.80. The lowest BCUT2D eigenvalue weighted by Gasteiger charge is -2.33. The van der Waals surface area contributed by atoms with Crippen molar-refractivity contribution in [3.63, 3.8) is 0 Å². The number of hydrogen-bond acceptors (Lipinski definition) is 3. The standard InChI is InChI=1S/C12H14F3NO4S/c1-4-16(12(2,3)11(17)18)21(19,20)10-8(14)5-7(13)6-9(10)15/h5-6H,4H2,1-3H3,(H,17,18). The second-order valence-corrected chi connectivity index (χ2v) is 6.53. The number of rotatable bonds is 5. The molecule has 0 amide bonds. The van der Waals surface area contributed by atoms with E-state index in [1.165, 1.54) is 6.92 Å². The summed E-state index contributed by atoms with van der Waals surface area (Å²) in [6, 6.07) is 0.440. The number of nitrogens with zero attached hydrogens (tertiary/aromatic N) is 1. The van der Waals surface area contributed by atoms with E-state index in [1.54, 1.807) is 0 Å². The zero-order valence-electron chi connectivity index (χ0n) is 11.5. The van der Waals surface area contributed by atoms with Crippen molar-refractivity contribution in [2.24, 2.45) is 0 Å². The normalized spacial score (nSPS) is 12.7. The topological polar surface area (TPSA) is 74.7 Å². The van der Waals surface area contributed by atoms with Crippen LogP contribution in [0.4, 0.5) is 13.2 Å². The molecule has 0 heterocycles. The van der Waals surface area contributed by atoms with Crippen LogP contribution >= 0.6 is 0 Å². The zero-order valence-corrected chi connectivity index (χ0v) is 12.3. The molecule has 21 heavy (non-hydrogen) atoms. The summed E-state index contributed by atoms with van der Waals surface area (Å²) in [6.45, 7) is 3.14. The van der Waals surface area contributed by atoms with Gasteiger partial charge in [-0.1, -0.05) is 6.92 Å². The number of aliphatic carboxylic acids is 1. The highest BCUT2D eigenvalue weighted by Gasteiger charge is 2.44. The number of carboxylic acid groups (broad SMARTS) is 1. The summed E-state index contributed by atoms with van der Waals surface area (Å²) in [5.74, 6) is -6.00. The first-order valence-corrected chi connectivity index (χ1v) is 7.31. The fourth-order valence-corrected chi connectivity index (χ4v) is 3.71. The molecule has 1 rings (SSSR count). The molecule has 5 nitrogen and oxygen atoms in total. The molecular formula is C12H14F3NO4S. The van der Waals surface area contributed by atoms with E-state index < -0.39 is 43.9 Å². The van der Waals surface area contributed by atoms with Crippen LogP contribution in [0.3, 0.4) is 0 Å². The van der Waals surface area contributed by atoms with Crippen molar-refractivity contribution in [3.8, 4) is 0 Å². The van der Waals surface area contributed by atoms with E-state index in [-0.39, 0.29) is 18.7 Å². The van der Waals surface area contributed by atoms with E-state index in [2.05, 4.69) is 0 Å². The molecule has 0 aromatic heterocycles. The van der Waals surface area contributed by atoms with Crippen molar-refractivity contribution in [1.29, 1.82) is 0 Å². The average Bonchev–Trinajstić information content (AvgIpc) is 2.26. The molecular weight excluding hydrogens is 311 g/mol. The minimum Gasteiger partial charge on any atom is -0.480 e. The summed E-state index contributed by atoms with van der Waals surface area (Å²) < 4.78 is 65.3. The predicted octanol–water partition coefficient (Wildman–Crippen LogP) is 1.98. The number of sulfonamides is 1. The maximum absolute atomic E-state index is 13.7. The minimum absolute atomic E-state index is 0.220. The molecule has 0 unspecified atom stereocenters. The molecule has 0 aliphatic heterocycles. The van der Waals surface area contributed by atoms with E-state index in [9.17, 15) is 26.4 Å². The Bertz CT molecular complexity index is 650. The predicted molar refractivity (Wildman–Crippen MR) is 67.6 cm³/mol. The van der Waals surface area contributed by atoms with Crippen molar-refractivity contribution >= 4 is 16.0 Å². The largest absolute Gasteiger partial charge is 0.480 e. The van der Waals surface area contributed by atoms with Gasteiger partial charge in [-0.25, -0.2) is 21.6 Å². The van der Waals surface area contributed by atoms with Gasteiger partial charge in [0.25, 0.3) is 0 Å². The van der Waals surface area contributed by atoms with Gasteiger partial charge in [0.05, 0.1) is 0 Å². The van der Waals surface area contributed by atoms with Crippen LogP contribution in [0.15, 0.2) is 17.0 Å².